The highest BCUT2D eigenvalue weighted by Gasteiger charge is 2.28. The van der Waals surface area contributed by atoms with Crippen LogP contribution in [0.4, 0.5) is 0 Å². The van der Waals surface area contributed by atoms with Gasteiger partial charge in [0, 0.05) is 0 Å². The zero-order valence-corrected chi connectivity index (χ0v) is 18.9. The molecule has 0 aliphatic carbocycles. The molecule has 0 atom stereocenters. The predicted octanol–water partition coefficient (Wildman–Crippen LogP) is 6.51. The molecule has 0 saturated heterocycles. The second-order valence-corrected chi connectivity index (χ2v) is 8.58. The second-order valence-electron chi connectivity index (χ2n) is 8.58. The summed E-state index contributed by atoms with van der Waals surface area (Å²) in [4.78, 5) is 25.9. The van der Waals surface area contributed by atoms with Crippen molar-refractivity contribution in [2.24, 2.45) is 0 Å². The van der Waals surface area contributed by atoms with Crippen LogP contribution in [0, 0.1) is 0 Å². The van der Waals surface area contributed by atoms with Crippen molar-refractivity contribution in [1.82, 2.24) is 0 Å². The molecule has 0 saturated carbocycles. The summed E-state index contributed by atoms with van der Waals surface area (Å²) < 4.78 is 11.6. The minimum atomic E-state index is -0.835. The highest BCUT2D eigenvalue weighted by Crippen LogP contribution is 2.28. The van der Waals surface area contributed by atoms with Gasteiger partial charge in [0.1, 0.15) is 11.2 Å². The van der Waals surface area contributed by atoms with Crippen LogP contribution < -0.4 is 0 Å². The Hall–Kier alpha value is -3.66. The minimum Gasteiger partial charge on any atom is -0.451 e. The second kappa shape index (κ2) is 9.23. The number of carbonyl (C=O) groups is 2. The molecule has 0 spiro atoms. The summed E-state index contributed by atoms with van der Waals surface area (Å²) in [5.74, 6) is -1.06. The topological polar surface area (TPSA) is 52.6 Å². The van der Waals surface area contributed by atoms with E-state index in [1.165, 1.54) is 6.07 Å². The highest BCUT2D eigenvalue weighted by atomic mass is 16.6. The first-order valence-electron chi connectivity index (χ1n) is 10.5. The van der Waals surface area contributed by atoms with E-state index in [9.17, 15) is 9.59 Å². The van der Waals surface area contributed by atoms with Crippen molar-refractivity contribution >= 4 is 18.0 Å². The number of carbonyl (C=O) groups excluding carboxylic acids is 2. The van der Waals surface area contributed by atoms with E-state index < -0.39 is 23.1 Å². The fourth-order valence-corrected chi connectivity index (χ4v) is 3.38. The fourth-order valence-electron chi connectivity index (χ4n) is 3.38. The number of benzene rings is 3. The highest BCUT2D eigenvalue weighted by molar-refractivity contribution is 5.96. The average molecular weight is 429 g/mol. The maximum Gasteiger partial charge on any atom is 0.339 e. The van der Waals surface area contributed by atoms with E-state index >= 15 is 0 Å². The van der Waals surface area contributed by atoms with Crippen LogP contribution in [0.15, 0.2) is 85.4 Å². The Labute approximate surface area is 189 Å². The molecule has 0 amide bonds. The van der Waals surface area contributed by atoms with Crippen molar-refractivity contribution in [2.45, 2.75) is 38.9 Å². The SMILES string of the molecule is C=Cc1cc(C(=O)OC(C)(C)c2ccccc2)cc(C(=O)OC(C)(C)c2ccccc2)c1. The summed E-state index contributed by atoms with van der Waals surface area (Å²) in [6.07, 6.45) is 1.58. The third kappa shape index (κ3) is 5.33. The molecule has 0 N–H and O–H groups in total. The summed E-state index contributed by atoms with van der Waals surface area (Å²) in [5, 5.41) is 0. The number of rotatable bonds is 7. The molecule has 0 fully saturated rings. The summed E-state index contributed by atoms with van der Waals surface area (Å²) >= 11 is 0. The van der Waals surface area contributed by atoms with Gasteiger partial charge in [-0.25, -0.2) is 9.59 Å². The van der Waals surface area contributed by atoms with Gasteiger partial charge in [-0.1, -0.05) is 73.3 Å². The van der Waals surface area contributed by atoms with Crippen LogP contribution in [0.1, 0.15) is 65.1 Å². The first-order valence-corrected chi connectivity index (χ1v) is 10.5. The standard InChI is InChI=1S/C28H28O4/c1-6-20-17-21(25(29)31-27(2,3)23-13-9-7-10-14-23)19-22(18-20)26(30)32-28(4,5)24-15-11-8-12-16-24/h6-19H,1H2,2-5H3. The Morgan fingerprint density at radius 1 is 0.688 bits per heavy atom. The number of hydrogen-bond acceptors (Lipinski definition) is 4. The number of ether oxygens (including phenoxy) is 2. The van der Waals surface area contributed by atoms with Gasteiger partial charge in [0.25, 0.3) is 0 Å². The van der Waals surface area contributed by atoms with Crippen LogP contribution in [0.2, 0.25) is 0 Å². The van der Waals surface area contributed by atoms with Crippen LogP contribution in [-0.4, -0.2) is 11.9 Å². The van der Waals surface area contributed by atoms with E-state index in [1.807, 2.05) is 88.4 Å². The normalized spacial score (nSPS) is 11.5. The number of hydrogen-bond donors (Lipinski definition) is 0. The lowest BCUT2D eigenvalue weighted by atomic mass is 9.97. The molecular weight excluding hydrogens is 400 g/mol. The van der Waals surface area contributed by atoms with Crippen molar-refractivity contribution < 1.29 is 19.1 Å². The van der Waals surface area contributed by atoms with E-state index in [0.717, 1.165) is 11.1 Å². The summed E-state index contributed by atoms with van der Waals surface area (Å²) in [5.41, 5.74) is 1.22. The van der Waals surface area contributed by atoms with Crippen LogP contribution in [0.5, 0.6) is 0 Å². The maximum atomic E-state index is 13.0. The summed E-state index contributed by atoms with van der Waals surface area (Å²) in [6, 6.07) is 23.8. The van der Waals surface area contributed by atoms with Crippen molar-refractivity contribution in [3.05, 3.63) is 113 Å². The Kier molecular flexibility index (Phi) is 6.64. The molecule has 0 heterocycles. The molecule has 4 heteroatoms. The van der Waals surface area contributed by atoms with E-state index in [4.69, 9.17) is 9.47 Å². The largest absolute Gasteiger partial charge is 0.451 e. The van der Waals surface area contributed by atoms with E-state index in [1.54, 1.807) is 18.2 Å². The van der Waals surface area contributed by atoms with Gasteiger partial charge < -0.3 is 9.47 Å². The zero-order chi connectivity index (χ0) is 23.4. The van der Waals surface area contributed by atoms with E-state index in [2.05, 4.69) is 6.58 Å². The molecule has 0 unspecified atom stereocenters. The number of esters is 2. The third-order valence-corrected chi connectivity index (χ3v) is 5.30. The van der Waals surface area contributed by atoms with Crippen LogP contribution >= 0.6 is 0 Å². The smallest absolute Gasteiger partial charge is 0.339 e. The molecule has 32 heavy (non-hydrogen) atoms. The molecule has 4 nitrogen and oxygen atoms in total. The molecule has 3 rings (SSSR count). The first kappa shape index (κ1) is 23.0. The van der Waals surface area contributed by atoms with Gasteiger partial charge in [-0.15, -0.1) is 0 Å². The first-order chi connectivity index (χ1) is 15.1. The monoisotopic (exact) mass is 428 g/mol. The van der Waals surface area contributed by atoms with Gasteiger partial charge in [0.05, 0.1) is 11.1 Å². The lowest BCUT2D eigenvalue weighted by Gasteiger charge is -2.26. The predicted molar refractivity (Wildman–Crippen MR) is 126 cm³/mol. The Morgan fingerprint density at radius 2 is 1.06 bits per heavy atom. The molecule has 3 aromatic carbocycles. The molecule has 0 bridgehead atoms. The van der Waals surface area contributed by atoms with Crippen molar-refractivity contribution in [1.29, 1.82) is 0 Å². The fraction of sp³-hybridized carbons (Fsp3) is 0.214. The molecular formula is C28H28O4. The molecule has 0 aliphatic rings. The van der Waals surface area contributed by atoms with E-state index in [0.29, 0.717) is 5.56 Å². The van der Waals surface area contributed by atoms with Crippen LogP contribution in [0.3, 0.4) is 0 Å². The maximum absolute atomic E-state index is 13.0. The minimum absolute atomic E-state index is 0.260. The van der Waals surface area contributed by atoms with Gasteiger partial charge in [-0.3, -0.25) is 0 Å². The van der Waals surface area contributed by atoms with Crippen molar-refractivity contribution in [3.63, 3.8) is 0 Å². The average Bonchev–Trinajstić information content (AvgIpc) is 2.79. The van der Waals surface area contributed by atoms with Gasteiger partial charge >= 0.3 is 11.9 Å². The lowest BCUT2D eigenvalue weighted by molar-refractivity contribution is -0.00315. The van der Waals surface area contributed by atoms with Gasteiger partial charge in [-0.05, 0) is 62.6 Å². The van der Waals surface area contributed by atoms with Gasteiger partial charge in [0.2, 0.25) is 0 Å². The molecule has 0 radical (unpaired) electrons. The quantitative estimate of drug-likeness (QED) is 0.402. The summed E-state index contributed by atoms with van der Waals surface area (Å²) in [6.45, 7) is 11.1. The third-order valence-electron chi connectivity index (χ3n) is 5.30. The zero-order valence-electron chi connectivity index (χ0n) is 18.9. The Morgan fingerprint density at radius 3 is 1.41 bits per heavy atom. The summed E-state index contributed by atoms with van der Waals surface area (Å²) in [7, 11) is 0. The molecule has 164 valence electrons. The Bertz CT molecular complexity index is 1030. The molecule has 0 aliphatic heterocycles. The van der Waals surface area contributed by atoms with Crippen molar-refractivity contribution in [3.8, 4) is 0 Å². The lowest BCUT2D eigenvalue weighted by Crippen LogP contribution is -2.27. The van der Waals surface area contributed by atoms with Gasteiger partial charge in [-0.2, -0.15) is 0 Å². The van der Waals surface area contributed by atoms with E-state index in [-0.39, 0.29) is 11.1 Å². The Balaban J connectivity index is 1.86. The van der Waals surface area contributed by atoms with Gasteiger partial charge in [0.15, 0.2) is 0 Å². The molecule has 3 aromatic rings. The van der Waals surface area contributed by atoms with Crippen molar-refractivity contribution in [2.75, 3.05) is 0 Å². The van der Waals surface area contributed by atoms with Crippen LogP contribution in [-0.2, 0) is 20.7 Å². The molecule has 0 aromatic heterocycles. The van der Waals surface area contributed by atoms with Crippen LogP contribution in [0.25, 0.3) is 6.08 Å².